The van der Waals surface area contributed by atoms with Gasteiger partial charge in [0.15, 0.2) is 23.0 Å². The molecular weight excluding hydrogens is 576 g/mol. The molecule has 0 saturated carbocycles. The van der Waals surface area contributed by atoms with Crippen LogP contribution in [-0.4, -0.2) is 61.1 Å². The van der Waals surface area contributed by atoms with Crippen LogP contribution in [0, 0.1) is 30.3 Å². The summed E-state index contributed by atoms with van der Waals surface area (Å²) < 4.78 is 85.5. The highest BCUT2D eigenvalue weighted by Crippen LogP contribution is 2.37. The van der Waals surface area contributed by atoms with Crippen molar-refractivity contribution in [3.63, 3.8) is 0 Å². The molecule has 0 spiro atoms. The molecule has 4 aromatic rings. The van der Waals surface area contributed by atoms with Gasteiger partial charge in [-0.3, -0.25) is 9.69 Å². The van der Waals surface area contributed by atoms with Crippen LogP contribution in [-0.2, 0) is 19.3 Å². The van der Waals surface area contributed by atoms with E-state index >= 15 is 0 Å². The second-order valence-corrected chi connectivity index (χ2v) is 11.0. The van der Waals surface area contributed by atoms with Gasteiger partial charge in [0.05, 0.1) is 18.5 Å². The van der Waals surface area contributed by atoms with Gasteiger partial charge in [-0.15, -0.1) is 0 Å². The van der Waals surface area contributed by atoms with Crippen LogP contribution in [0.15, 0.2) is 42.6 Å². The normalized spacial score (nSPS) is 16.4. The SMILES string of the molecule is Cc1c(-c2ccc(CO)cc2)nc2c(C(=O)N3CCN(Cc4cc(F)cc(F)c4F)C[C@H]3C(C)C)cnn2c1C(F)(F)F. The van der Waals surface area contributed by atoms with Crippen LogP contribution < -0.4 is 0 Å². The molecule has 228 valence electrons. The van der Waals surface area contributed by atoms with E-state index in [1.807, 2.05) is 13.8 Å². The van der Waals surface area contributed by atoms with Crippen molar-refractivity contribution in [3.8, 4) is 11.3 Å². The van der Waals surface area contributed by atoms with Gasteiger partial charge >= 0.3 is 6.18 Å². The second-order valence-electron chi connectivity index (χ2n) is 11.0. The van der Waals surface area contributed by atoms with Gasteiger partial charge in [0.1, 0.15) is 11.4 Å². The number of rotatable bonds is 6. The highest BCUT2D eigenvalue weighted by molar-refractivity contribution is 6.00. The monoisotopic (exact) mass is 605 g/mol. The maximum Gasteiger partial charge on any atom is 0.433 e. The van der Waals surface area contributed by atoms with Crippen molar-refractivity contribution >= 4 is 11.6 Å². The zero-order valence-corrected chi connectivity index (χ0v) is 23.6. The van der Waals surface area contributed by atoms with E-state index in [9.17, 15) is 36.2 Å². The molecule has 7 nitrogen and oxygen atoms in total. The Labute approximate surface area is 243 Å². The molecule has 1 saturated heterocycles. The summed E-state index contributed by atoms with van der Waals surface area (Å²) in [5.41, 5.74) is -0.794. The van der Waals surface area contributed by atoms with Crippen molar-refractivity contribution in [1.29, 1.82) is 0 Å². The molecule has 1 fully saturated rings. The van der Waals surface area contributed by atoms with Crippen LogP contribution in [0.4, 0.5) is 26.3 Å². The van der Waals surface area contributed by atoms with E-state index in [4.69, 9.17) is 0 Å². The topological polar surface area (TPSA) is 74.0 Å². The van der Waals surface area contributed by atoms with Gasteiger partial charge in [-0.25, -0.2) is 22.7 Å². The number of halogens is 6. The Kier molecular flexibility index (Phi) is 8.23. The summed E-state index contributed by atoms with van der Waals surface area (Å²) in [6.07, 6.45) is -3.73. The summed E-state index contributed by atoms with van der Waals surface area (Å²) >= 11 is 0. The Morgan fingerprint density at radius 3 is 2.42 bits per heavy atom. The lowest BCUT2D eigenvalue weighted by atomic mass is 9.98. The number of nitrogens with zero attached hydrogens (tertiary/aromatic N) is 5. The van der Waals surface area contributed by atoms with E-state index < -0.39 is 41.3 Å². The smallest absolute Gasteiger partial charge is 0.392 e. The quantitative estimate of drug-likeness (QED) is 0.228. The lowest BCUT2D eigenvalue weighted by molar-refractivity contribution is -0.143. The van der Waals surface area contributed by atoms with Crippen LogP contribution >= 0.6 is 0 Å². The molecule has 1 atom stereocenters. The zero-order chi connectivity index (χ0) is 31.2. The average Bonchev–Trinajstić information content (AvgIpc) is 3.37. The van der Waals surface area contributed by atoms with Gasteiger partial charge in [-0.05, 0) is 24.5 Å². The van der Waals surface area contributed by atoms with Gasteiger partial charge < -0.3 is 10.0 Å². The largest absolute Gasteiger partial charge is 0.433 e. The number of amides is 1. The number of benzene rings is 2. The fourth-order valence-electron chi connectivity index (χ4n) is 5.56. The van der Waals surface area contributed by atoms with Gasteiger partial charge in [0.2, 0.25) is 0 Å². The molecule has 0 aliphatic carbocycles. The van der Waals surface area contributed by atoms with Crippen molar-refractivity contribution in [2.24, 2.45) is 5.92 Å². The summed E-state index contributed by atoms with van der Waals surface area (Å²) in [6, 6.07) is 7.21. The first-order chi connectivity index (χ1) is 20.3. The van der Waals surface area contributed by atoms with Gasteiger partial charge in [-0.1, -0.05) is 38.1 Å². The maximum absolute atomic E-state index is 14.3. The number of fused-ring (bicyclic) bond motifs is 1. The Hall–Kier alpha value is -3.97. The van der Waals surface area contributed by atoms with Crippen molar-refractivity contribution < 1.29 is 36.2 Å². The fraction of sp³-hybridized carbons (Fsp3) is 0.367. The molecule has 43 heavy (non-hydrogen) atoms. The summed E-state index contributed by atoms with van der Waals surface area (Å²) in [5, 5.41) is 13.3. The second kappa shape index (κ2) is 11.6. The fourth-order valence-corrected chi connectivity index (χ4v) is 5.56. The number of carbonyl (C=O) groups is 1. The molecule has 0 unspecified atom stereocenters. The molecule has 1 amide bonds. The number of carbonyl (C=O) groups excluding carboxylic acids is 1. The van der Waals surface area contributed by atoms with Crippen molar-refractivity contribution in [2.75, 3.05) is 19.6 Å². The van der Waals surface area contributed by atoms with Crippen LogP contribution in [0.2, 0.25) is 0 Å². The number of hydrogen-bond donors (Lipinski definition) is 1. The van der Waals surface area contributed by atoms with Crippen LogP contribution in [0.1, 0.15) is 46.6 Å². The van der Waals surface area contributed by atoms with Crippen LogP contribution in [0.3, 0.4) is 0 Å². The molecule has 1 aliphatic rings. The van der Waals surface area contributed by atoms with Gasteiger partial charge in [0, 0.05) is 55.0 Å². The third-order valence-corrected chi connectivity index (χ3v) is 7.79. The predicted octanol–water partition coefficient (Wildman–Crippen LogP) is 5.62. The summed E-state index contributed by atoms with van der Waals surface area (Å²) in [4.78, 5) is 21.7. The third-order valence-electron chi connectivity index (χ3n) is 7.79. The van der Waals surface area contributed by atoms with E-state index in [1.54, 1.807) is 29.2 Å². The number of aliphatic hydroxyl groups excluding tert-OH is 1. The predicted molar refractivity (Wildman–Crippen MR) is 145 cm³/mol. The van der Waals surface area contributed by atoms with Crippen LogP contribution in [0.25, 0.3) is 16.9 Å². The third kappa shape index (κ3) is 5.83. The highest BCUT2D eigenvalue weighted by atomic mass is 19.4. The Balaban J connectivity index is 1.51. The van der Waals surface area contributed by atoms with Gasteiger partial charge in [-0.2, -0.15) is 18.3 Å². The first-order valence-corrected chi connectivity index (χ1v) is 13.6. The standard InChI is InChI=1S/C30H29F6N5O2/c1-16(2)24-14-39(13-20-10-21(31)11-23(32)25(20)33)8-9-40(24)29(43)22-12-37-41-27(30(34,35)36)17(3)26(38-28(22)41)19-6-4-18(15-42)5-7-19/h4-7,10-12,16,24,42H,8-9,13-15H2,1-3H3/t24-/m0/s1. The molecule has 13 heteroatoms. The molecule has 5 rings (SSSR count). The first kappa shape index (κ1) is 30.5. The zero-order valence-electron chi connectivity index (χ0n) is 23.6. The highest BCUT2D eigenvalue weighted by Gasteiger charge is 2.40. The summed E-state index contributed by atoms with van der Waals surface area (Å²) in [7, 11) is 0. The maximum atomic E-state index is 14.3. The van der Waals surface area contributed by atoms with Crippen LogP contribution in [0.5, 0.6) is 0 Å². The lowest BCUT2D eigenvalue weighted by Gasteiger charge is -2.43. The summed E-state index contributed by atoms with van der Waals surface area (Å²) in [6.45, 7) is 5.29. The number of alkyl halides is 3. The number of aromatic nitrogens is 3. The van der Waals surface area contributed by atoms with Gasteiger partial charge in [0.25, 0.3) is 5.91 Å². The minimum Gasteiger partial charge on any atom is -0.392 e. The lowest BCUT2D eigenvalue weighted by Crippen LogP contribution is -2.56. The molecule has 2 aromatic heterocycles. The molecule has 0 bridgehead atoms. The first-order valence-electron chi connectivity index (χ1n) is 13.6. The number of aliphatic hydroxyl groups is 1. The number of hydrogen-bond acceptors (Lipinski definition) is 5. The minimum atomic E-state index is -4.81. The van der Waals surface area contributed by atoms with E-state index in [0.717, 1.165) is 12.3 Å². The molecule has 3 heterocycles. The molecule has 0 radical (unpaired) electrons. The van der Waals surface area contributed by atoms with Crippen molar-refractivity contribution in [2.45, 2.75) is 46.1 Å². The molecular formula is C30H29F6N5O2. The molecule has 2 aromatic carbocycles. The minimum absolute atomic E-state index is 0.0217. The Morgan fingerprint density at radius 1 is 1.09 bits per heavy atom. The Morgan fingerprint density at radius 2 is 1.79 bits per heavy atom. The van der Waals surface area contributed by atoms with Crippen molar-refractivity contribution in [3.05, 3.63) is 88.0 Å². The van der Waals surface area contributed by atoms with E-state index in [-0.39, 0.29) is 66.7 Å². The van der Waals surface area contributed by atoms with E-state index in [0.29, 0.717) is 21.7 Å². The molecule has 1 aliphatic heterocycles. The van der Waals surface area contributed by atoms with Crippen molar-refractivity contribution in [1.82, 2.24) is 24.4 Å². The van der Waals surface area contributed by atoms with E-state index in [1.165, 1.54) is 11.8 Å². The average molecular weight is 606 g/mol. The molecule has 1 N–H and O–H groups in total. The van der Waals surface area contributed by atoms with E-state index in [2.05, 4.69) is 10.1 Å². The number of piperazine rings is 1. The summed E-state index contributed by atoms with van der Waals surface area (Å²) in [5.74, 6) is -4.02. The Bertz CT molecular complexity index is 1670.